The van der Waals surface area contributed by atoms with Crippen LogP contribution in [0.15, 0.2) is 159 Å². The van der Waals surface area contributed by atoms with Gasteiger partial charge < -0.3 is 112 Å². The molecule has 40 nitrogen and oxygen atoms in total. The Hall–Kier alpha value is -13.0. The van der Waals surface area contributed by atoms with Crippen LogP contribution in [0.25, 0.3) is 18.2 Å². The molecule has 778 valence electrons. The Labute approximate surface area is 883 Å². The lowest BCUT2D eigenvalue weighted by molar-refractivity contribution is -0.141. The van der Waals surface area contributed by atoms with Gasteiger partial charge in [-0.3, -0.25) is 67.6 Å². The third kappa shape index (κ3) is 36.3. The second-order valence-electron chi connectivity index (χ2n) is 32.6. The van der Waals surface area contributed by atoms with E-state index in [-0.39, 0.29) is 131 Å². The van der Waals surface area contributed by atoms with Gasteiger partial charge in [0.05, 0.1) is 99.4 Å². The Morgan fingerprint density at radius 1 is 0.404 bits per heavy atom. The van der Waals surface area contributed by atoms with Crippen LogP contribution < -0.4 is 69.1 Å². The normalized spacial score (nSPS) is 16.1. The Kier molecular flexibility index (Phi) is 46.1. The lowest BCUT2D eigenvalue weighted by Gasteiger charge is -2.23. The van der Waals surface area contributed by atoms with Gasteiger partial charge in [0, 0.05) is 108 Å². The lowest BCUT2D eigenvalue weighted by Crippen LogP contribution is -2.52. The third-order valence-corrected chi connectivity index (χ3v) is 25.7. The quantitative estimate of drug-likeness (QED) is 0.0159. The maximum absolute atomic E-state index is 12.8. The first-order valence-corrected chi connectivity index (χ1v) is 49.3. The molecule has 0 spiro atoms. The molecule has 4 aliphatic heterocycles. The number of carboxylic acids is 4. The van der Waals surface area contributed by atoms with E-state index < -0.39 is 133 Å². The van der Waals surface area contributed by atoms with Gasteiger partial charge in [0.25, 0.3) is 23.6 Å². The number of nitrogens with zero attached hydrogens (tertiary/aromatic N) is 2. The molecular weight excluding hydrogens is 2110 g/mol. The number of rotatable bonds is 40. The molecule has 5 aromatic carbocycles. The summed E-state index contributed by atoms with van der Waals surface area (Å²) >= 11 is 57.6. The smallest absolute Gasteiger partial charge is 0.328 e. The minimum absolute atomic E-state index is 0.0225. The van der Waals surface area contributed by atoms with Crippen molar-refractivity contribution in [3.8, 4) is 0 Å². The van der Waals surface area contributed by atoms with E-state index in [0.29, 0.717) is 120 Å². The number of carbonyl (C=O) groups is 17. The Morgan fingerprint density at radius 3 is 1.02 bits per heavy atom. The Bertz CT molecular complexity index is 5880. The molecule has 0 saturated carbocycles. The van der Waals surface area contributed by atoms with Gasteiger partial charge in [0.15, 0.2) is 0 Å². The zero-order chi connectivity index (χ0) is 107. The van der Waals surface area contributed by atoms with Crippen molar-refractivity contribution in [3.05, 3.63) is 259 Å². The van der Waals surface area contributed by atoms with Gasteiger partial charge in [0.1, 0.15) is 53.5 Å². The highest BCUT2D eigenvalue weighted by Gasteiger charge is 2.38. The summed E-state index contributed by atoms with van der Waals surface area (Å²) in [5.74, 6) is -9.29. The zero-order valence-electron chi connectivity index (χ0n) is 77.5. The minimum Gasteiger partial charge on any atom is -0.480 e. The fourth-order valence-electron chi connectivity index (χ4n) is 14.7. The summed E-state index contributed by atoms with van der Waals surface area (Å²) in [5, 5.41) is 82.1. The molecule has 1 unspecified atom stereocenters. The van der Waals surface area contributed by atoms with Crippen molar-refractivity contribution in [1.29, 1.82) is 0 Å². The highest BCUT2D eigenvalue weighted by molar-refractivity contribution is 7.99. The number of carbonyl (C=O) groups excluding carboxylic acids is 13. The van der Waals surface area contributed by atoms with Crippen LogP contribution in [0.4, 0.5) is 0 Å². The molecule has 146 heavy (non-hydrogen) atoms. The van der Waals surface area contributed by atoms with Crippen molar-refractivity contribution in [2.45, 2.75) is 139 Å². The van der Waals surface area contributed by atoms with Gasteiger partial charge in [-0.25, -0.2) is 19.2 Å². The molecule has 18 N–H and O–H groups in total. The van der Waals surface area contributed by atoms with Crippen LogP contribution in [-0.2, 0) is 88.4 Å². The van der Waals surface area contributed by atoms with Crippen molar-refractivity contribution in [3.63, 3.8) is 0 Å². The second-order valence-corrected chi connectivity index (χ2v) is 37.4. The molecule has 13 amide bonds. The number of aliphatic hydroxyl groups is 1. The second kappa shape index (κ2) is 57.8. The lowest BCUT2D eigenvalue weighted by atomic mass is 10.0. The van der Waals surface area contributed by atoms with Crippen molar-refractivity contribution < 1.29 is 120 Å². The fourth-order valence-corrected chi connectivity index (χ4v) is 18.7. The number of aliphatic hydroxyl groups excluding tert-OH is 1. The monoisotopic (exact) mass is 2210 g/mol. The summed E-state index contributed by atoms with van der Waals surface area (Å²) in [6, 6.07) is 20.9. The molecule has 0 bridgehead atoms. The first-order valence-electron chi connectivity index (χ1n) is 44.7. The minimum atomic E-state index is -1.48. The largest absolute Gasteiger partial charge is 0.480 e. The predicted molar refractivity (Wildman–Crippen MR) is 543 cm³/mol. The predicted octanol–water partition coefficient (Wildman–Crippen LogP) is 9.69. The number of hydrogen-bond donors (Lipinski definition) is 18. The molecule has 50 heteroatoms. The van der Waals surface area contributed by atoms with Crippen molar-refractivity contribution >= 4 is 235 Å². The summed E-state index contributed by atoms with van der Waals surface area (Å²) < 4.78 is 15.3. The number of aryl methyl sites for hydroxylation is 1. The molecule has 0 aliphatic carbocycles. The third-order valence-electron chi connectivity index (χ3n) is 22.1. The number of hydrogen-bond acceptors (Lipinski definition) is 24. The maximum Gasteiger partial charge on any atom is 0.328 e. The summed E-state index contributed by atoms with van der Waals surface area (Å²) in [7, 11) is 0. The van der Waals surface area contributed by atoms with Gasteiger partial charge in [-0.15, -0.1) is 11.8 Å². The number of amides is 13. The number of furan rings is 3. The van der Waals surface area contributed by atoms with Crippen LogP contribution in [0, 0.1) is 0 Å². The highest BCUT2D eigenvalue weighted by atomic mass is 35.5. The molecule has 4 saturated heterocycles. The number of carboxylic acid groups (broad SMARTS) is 4. The topological polar surface area (TPSA) is 594 Å². The summed E-state index contributed by atoms with van der Waals surface area (Å²) in [5.41, 5.74) is 2.42. The van der Waals surface area contributed by atoms with Crippen molar-refractivity contribution in [2.24, 2.45) is 0 Å². The first kappa shape index (κ1) is 117. The van der Waals surface area contributed by atoms with Crippen LogP contribution in [-0.4, -0.2) is 242 Å². The summed E-state index contributed by atoms with van der Waals surface area (Å²) in [4.78, 5) is 209. The average molecular weight is 2220 g/mol. The fraction of sp³-hybridized carbons (Fsp3) is 0.323. The van der Waals surface area contributed by atoms with E-state index in [4.69, 9.17) is 118 Å². The van der Waals surface area contributed by atoms with E-state index >= 15 is 0 Å². The maximum atomic E-state index is 12.8. The molecule has 8 aromatic rings. The molecule has 3 aromatic heterocycles. The van der Waals surface area contributed by atoms with Gasteiger partial charge in [0.2, 0.25) is 53.2 Å². The molecule has 9 atom stereocenters. The van der Waals surface area contributed by atoms with Gasteiger partial charge in [-0.1, -0.05) is 117 Å². The van der Waals surface area contributed by atoms with E-state index in [9.17, 15) is 107 Å². The highest BCUT2D eigenvalue weighted by Crippen LogP contribution is 2.34. The Morgan fingerprint density at radius 2 is 0.733 bits per heavy atom. The van der Waals surface area contributed by atoms with Gasteiger partial charge in [-0.05, 0) is 201 Å². The van der Waals surface area contributed by atoms with Crippen LogP contribution in [0.3, 0.4) is 0 Å². The van der Waals surface area contributed by atoms with Crippen LogP contribution >= 0.6 is 116 Å². The van der Waals surface area contributed by atoms with Gasteiger partial charge in [-0.2, -0.15) is 0 Å². The van der Waals surface area contributed by atoms with Crippen LogP contribution in [0.5, 0.6) is 0 Å². The Balaban J connectivity index is 0.000000217. The van der Waals surface area contributed by atoms with Crippen LogP contribution in [0.2, 0.25) is 45.2 Å². The number of thioether (sulfide) groups is 1. The van der Waals surface area contributed by atoms with E-state index in [0.717, 1.165) is 13.0 Å². The standard InChI is InChI=1S/2C25H26Cl2N4O7.C24H26Cl3N3O5.C22H22Cl2N4O6S/c2*1-14(32)31-8-2-5-20(31)23(34)29-13-19(25(36)37)30-24(35)22-17(26)10-15(11-18(22)27)12-28-21(33)7-6-16-4-3-9-38-16;25-15-4-1-3-14(11-15)20(31)7-6-13-9-16(26)21(17(27)10-13)23(33)30-19(24(34)35)12-29-22(32)18-5-2-8-28-18;23-14-6-12(8-25-18(29)4-3-13-2-1-5-34-13)7-15(24)19(14)21(31)28-16(22(32)33)9-26-20(30)17-10-35-11-27-17/h2*3-4,6-7,9-11,19-20H,2,5,8,12-13H2,1H3,(H,28,33)(H,29,34)(H,30,35)(H,36,37);1,3-4,9-11,18-20,28,31H,2,5-8,12H2,(H,29,32)(H,30,33)(H,34,35);1-7,16-17,27H,8-11H2,(H,25,29)(H,26,30)(H,28,31)(H,32,33)/b2*7-6+;;4-3+/t19-,20+;19-,20-;18-,19+,20?;16-,17+/m0010/s1. The average Bonchev–Trinajstić information content (AvgIpc) is 1.17. The van der Waals surface area contributed by atoms with Crippen molar-refractivity contribution in [2.75, 3.05) is 57.4 Å². The van der Waals surface area contributed by atoms with E-state index in [1.807, 2.05) is 0 Å². The number of aliphatic carboxylic acids is 4. The number of benzene rings is 5. The molecule has 0 radical (unpaired) electrons. The first-order chi connectivity index (χ1) is 69.5. The molecule has 4 aliphatic rings. The molecular formula is C96H100Cl9N15O25S. The van der Waals surface area contributed by atoms with E-state index in [2.05, 4.69) is 69.1 Å². The number of likely N-dealkylation sites (tertiary alicyclic amines) is 2. The summed E-state index contributed by atoms with van der Waals surface area (Å²) in [6.45, 7) is 3.13. The van der Waals surface area contributed by atoms with Gasteiger partial charge >= 0.3 is 23.9 Å². The number of nitrogens with one attached hydrogen (secondary N) is 13. The number of halogens is 9. The zero-order valence-corrected chi connectivity index (χ0v) is 85.2. The SMILES string of the molecule is CC(=O)N1CCC[C@@H]1C(=O)NC[C@H](NC(=O)c1c(Cl)cc(CNC(=O)/C=C/c2ccco2)cc1Cl)C(=O)O.CC(=O)N1CCC[C@H]1C(=O)NC[C@H](NC(=O)c1c(Cl)cc(CNC(=O)/C=C/c2ccco2)cc1Cl)C(=O)O.O=C(/C=C/c1ccco1)NCc1cc(Cl)c(C(=O)N[C@@H](CNC(=O)[C@H]2CSCN2)C(=O)O)c(Cl)c1.O=C(N[C@@H](CNC(=O)[C@H]1CCCN1)C(=O)O)c1c(Cl)cc(CCC(O)c2cccc(Cl)c2)cc1Cl. The molecule has 7 heterocycles. The van der Waals surface area contributed by atoms with E-state index in [1.165, 1.54) is 115 Å². The molecule has 12 rings (SSSR count). The van der Waals surface area contributed by atoms with Crippen LogP contribution in [0.1, 0.15) is 151 Å². The molecule has 4 fully saturated rings. The summed E-state index contributed by atoms with van der Waals surface area (Å²) in [6.07, 6.45) is 16.7. The van der Waals surface area contributed by atoms with Crippen molar-refractivity contribution in [1.82, 2.24) is 78.9 Å². The van der Waals surface area contributed by atoms with E-state index in [1.54, 1.807) is 84.6 Å².